The highest BCUT2D eigenvalue weighted by atomic mass is 35.5. The molecular weight excluding hydrogens is 252 g/mol. The van der Waals surface area contributed by atoms with Crippen LogP contribution in [-0.2, 0) is 6.54 Å². The predicted octanol–water partition coefficient (Wildman–Crippen LogP) is 3.77. The summed E-state index contributed by atoms with van der Waals surface area (Å²) in [6, 6.07) is 5.20. The number of hydrogen-bond donors (Lipinski definition) is 1. The summed E-state index contributed by atoms with van der Waals surface area (Å²) < 4.78 is 0. The Kier molecular flexibility index (Phi) is 4.71. The number of nitro benzene ring substituents is 1. The van der Waals surface area contributed by atoms with E-state index in [1.54, 1.807) is 12.1 Å². The van der Waals surface area contributed by atoms with E-state index < -0.39 is 4.92 Å². The second-order valence-corrected chi connectivity index (χ2v) is 5.92. The molecule has 0 saturated heterocycles. The molecule has 0 bridgehead atoms. The van der Waals surface area contributed by atoms with Crippen LogP contribution in [0.3, 0.4) is 0 Å². The summed E-state index contributed by atoms with van der Waals surface area (Å²) in [7, 11) is 0. The van der Waals surface area contributed by atoms with Gasteiger partial charge in [-0.1, -0.05) is 38.4 Å². The van der Waals surface area contributed by atoms with Gasteiger partial charge >= 0.3 is 0 Å². The second kappa shape index (κ2) is 5.67. The number of nitrogens with one attached hydrogen (secondary N) is 1. The fourth-order valence-electron chi connectivity index (χ4n) is 1.39. The molecule has 18 heavy (non-hydrogen) atoms. The molecule has 0 aromatic heterocycles. The van der Waals surface area contributed by atoms with E-state index in [-0.39, 0.29) is 16.1 Å². The third kappa shape index (κ3) is 3.96. The molecule has 5 heteroatoms. The minimum atomic E-state index is -0.459. The third-order valence-corrected chi connectivity index (χ3v) is 3.44. The first-order valence-corrected chi connectivity index (χ1v) is 6.26. The molecule has 0 saturated carbocycles. The van der Waals surface area contributed by atoms with Gasteiger partial charge in [-0.25, -0.2) is 0 Å². The van der Waals surface area contributed by atoms with Crippen molar-refractivity contribution < 1.29 is 4.92 Å². The number of halogens is 1. The molecule has 100 valence electrons. The molecule has 1 rings (SSSR count). The van der Waals surface area contributed by atoms with Gasteiger partial charge in [0.05, 0.1) is 4.92 Å². The highest BCUT2D eigenvalue weighted by Crippen LogP contribution is 2.25. The van der Waals surface area contributed by atoms with E-state index >= 15 is 0 Å². The number of benzene rings is 1. The Hall–Kier alpha value is -1.13. The summed E-state index contributed by atoms with van der Waals surface area (Å²) in [5, 5.41) is 14.3. The van der Waals surface area contributed by atoms with E-state index in [4.69, 9.17) is 11.6 Å². The lowest BCUT2D eigenvalue weighted by Gasteiger charge is -2.28. The van der Waals surface area contributed by atoms with E-state index in [0.717, 1.165) is 5.56 Å². The van der Waals surface area contributed by atoms with Crippen LogP contribution >= 0.6 is 11.6 Å². The molecule has 1 aromatic carbocycles. The molecular formula is C13H19ClN2O2. The van der Waals surface area contributed by atoms with Crippen molar-refractivity contribution in [1.29, 1.82) is 0 Å². The zero-order valence-corrected chi connectivity index (χ0v) is 11.9. The molecule has 1 aromatic rings. The highest BCUT2D eigenvalue weighted by Gasteiger charge is 2.19. The fraction of sp³-hybridized carbons (Fsp3) is 0.538. The molecule has 0 aliphatic rings. The van der Waals surface area contributed by atoms with Crippen LogP contribution in [0.4, 0.5) is 5.69 Å². The molecule has 0 radical (unpaired) electrons. The van der Waals surface area contributed by atoms with Crippen LogP contribution in [0, 0.1) is 15.5 Å². The Balaban J connectivity index is 2.75. The average Bonchev–Trinajstić information content (AvgIpc) is 2.25. The van der Waals surface area contributed by atoms with Crippen LogP contribution in [0.15, 0.2) is 18.2 Å². The number of nitrogens with zero attached hydrogens (tertiary/aromatic N) is 1. The van der Waals surface area contributed by atoms with Crippen molar-refractivity contribution in [3.63, 3.8) is 0 Å². The van der Waals surface area contributed by atoms with Crippen LogP contribution in [-0.4, -0.2) is 11.0 Å². The van der Waals surface area contributed by atoms with Crippen LogP contribution in [0.5, 0.6) is 0 Å². The zero-order chi connectivity index (χ0) is 13.9. The Labute approximate surface area is 112 Å². The summed E-state index contributed by atoms with van der Waals surface area (Å²) in [5.74, 6) is 0. The topological polar surface area (TPSA) is 55.2 Å². The molecule has 1 atom stereocenters. The fourth-order valence-corrected chi connectivity index (χ4v) is 1.57. The van der Waals surface area contributed by atoms with E-state index in [1.165, 1.54) is 6.07 Å². The van der Waals surface area contributed by atoms with Gasteiger partial charge in [-0.15, -0.1) is 0 Å². The normalized spacial score (nSPS) is 13.4. The summed E-state index contributed by atoms with van der Waals surface area (Å²) in [5.41, 5.74) is 0.972. The second-order valence-electron chi connectivity index (χ2n) is 5.51. The molecule has 0 aliphatic carbocycles. The maximum absolute atomic E-state index is 10.8. The van der Waals surface area contributed by atoms with Gasteiger partial charge in [-0.3, -0.25) is 10.1 Å². The minimum absolute atomic E-state index is 0.0422. The molecule has 4 nitrogen and oxygen atoms in total. The lowest BCUT2D eigenvalue weighted by atomic mass is 9.88. The molecule has 0 heterocycles. The number of rotatable bonds is 4. The monoisotopic (exact) mass is 270 g/mol. The Morgan fingerprint density at radius 2 is 2.06 bits per heavy atom. The first kappa shape index (κ1) is 14.9. The van der Waals surface area contributed by atoms with Crippen LogP contribution in [0.1, 0.15) is 33.3 Å². The molecule has 0 fully saturated rings. The van der Waals surface area contributed by atoms with Gasteiger partial charge in [0, 0.05) is 18.7 Å². The highest BCUT2D eigenvalue weighted by molar-refractivity contribution is 6.32. The molecule has 0 spiro atoms. The van der Waals surface area contributed by atoms with E-state index in [9.17, 15) is 10.1 Å². The van der Waals surface area contributed by atoms with Crippen molar-refractivity contribution in [2.24, 2.45) is 5.41 Å². The first-order valence-electron chi connectivity index (χ1n) is 5.88. The van der Waals surface area contributed by atoms with Crippen molar-refractivity contribution in [3.8, 4) is 0 Å². The van der Waals surface area contributed by atoms with Gasteiger partial charge in [0.15, 0.2) is 0 Å². The maximum atomic E-state index is 10.8. The Bertz CT molecular complexity index is 441. The van der Waals surface area contributed by atoms with Gasteiger partial charge in [-0.2, -0.15) is 0 Å². The third-order valence-electron chi connectivity index (χ3n) is 3.12. The van der Waals surface area contributed by atoms with Crippen LogP contribution in [0.2, 0.25) is 5.02 Å². The Morgan fingerprint density at radius 3 is 2.56 bits per heavy atom. The molecule has 1 unspecified atom stereocenters. The van der Waals surface area contributed by atoms with Gasteiger partial charge < -0.3 is 5.32 Å². The van der Waals surface area contributed by atoms with Crippen molar-refractivity contribution in [3.05, 3.63) is 38.9 Å². The summed E-state index contributed by atoms with van der Waals surface area (Å²) in [6.07, 6.45) is 0. The molecule has 1 N–H and O–H groups in total. The zero-order valence-electron chi connectivity index (χ0n) is 11.2. The average molecular weight is 271 g/mol. The SMILES string of the molecule is CC(NCc1ccc(Cl)c([N+](=O)[O-])c1)C(C)(C)C. The quantitative estimate of drug-likeness (QED) is 0.669. The summed E-state index contributed by atoms with van der Waals surface area (Å²) >= 11 is 5.76. The van der Waals surface area contributed by atoms with Crippen LogP contribution < -0.4 is 5.32 Å². The number of nitro groups is 1. The van der Waals surface area contributed by atoms with Gasteiger partial charge in [-0.05, 0) is 24.0 Å². The van der Waals surface area contributed by atoms with Crippen LogP contribution in [0.25, 0.3) is 0 Å². The van der Waals surface area contributed by atoms with E-state index in [0.29, 0.717) is 12.6 Å². The lowest BCUT2D eigenvalue weighted by Crippen LogP contribution is -2.37. The first-order chi connectivity index (χ1) is 8.21. The van der Waals surface area contributed by atoms with Crippen molar-refractivity contribution in [1.82, 2.24) is 5.32 Å². The van der Waals surface area contributed by atoms with Crippen molar-refractivity contribution in [2.75, 3.05) is 0 Å². The predicted molar refractivity (Wildman–Crippen MR) is 73.9 cm³/mol. The van der Waals surface area contributed by atoms with E-state index in [1.807, 2.05) is 0 Å². The smallest absolute Gasteiger partial charge is 0.288 e. The van der Waals surface area contributed by atoms with Crippen molar-refractivity contribution >= 4 is 17.3 Å². The van der Waals surface area contributed by atoms with Gasteiger partial charge in [0.25, 0.3) is 5.69 Å². The standard InChI is InChI=1S/C13H19ClN2O2/c1-9(13(2,3)4)15-8-10-5-6-11(14)12(7-10)16(17)18/h5-7,9,15H,8H2,1-4H3. The van der Waals surface area contributed by atoms with Gasteiger partial charge in [0.2, 0.25) is 0 Å². The molecule has 0 amide bonds. The summed E-state index contributed by atoms with van der Waals surface area (Å²) in [4.78, 5) is 10.3. The molecule has 0 aliphatic heterocycles. The lowest BCUT2D eigenvalue weighted by molar-refractivity contribution is -0.384. The van der Waals surface area contributed by atoms with E-state index in [2.05, 4.69) is 33.0 Å². The van der Waals surface area contributed by atoms with Crippen molar-refractivity contribution in [2.45, 2.75) is 40.3 Å². The van der Waals surface area contributed by atoms with Gasteiger partial charge in [0.1, 0.15) is 5.02 Å². The maximum Gasteiger partial charge on any atom is 0.288 e. The summed E-state index contributed by atoms with van der Waals surface area (Å²) in [6.45, 7) is 9.14. The Morgan fingerprint density at radius 1 is 1.44 bits per heavy atom. The number of hydrogen-bond acceptors (Lipinski definition) is 3. The minimum Gasteiger partial charge on any atom is -0.310 e. The largest absolute Gasteiger partial charge is 0.310 e.